The average Bonchev–Trinajstić information content (AvgIpc) is 2.30. The lowest BCUT2D eigenvalue weighted by Crippen LogP contribution is -2.45. The van der Waals surface area contributed by atoms with Gasteiger partial charge in [-0.15, -0.1) is 0 Å². The summed E-state index contributed by atoms with van der Waals surface area (Å²) in [6.45, 7) is 4.02. The van der Waals surface area contributed by atoms with Crippen molar-refractivity contribution in [2.45, 2.75) is 25.9 Å². The van der Waals surface area contributed by atoms with Crippen molar-refractivity contribution in [3.63, 3.8) is 0 Å². The quantitative estimate of drug-likeness (QED) is 0.670. The number of nitro benzene ring substituents is 1. The summed E-state index contributed by atoms with van der Waals surface area (Å²) in [5, 5.41) is 10.7. The number of hydrogen-bond donors (Lipinski definition) is 1. The van der Waals surface area contributed by atoms with E-state index in [1.807, 2.05) is 0 Å². The van der Waals surface area contributed by atoms with Gasteiger partial charge in [0.1, 0.15) is 0 Å². The Bertz CT molecular complexity index is 471. The molecule has 2 N–H and O–H groups in total. The van der Waals surface area contributed by atoms with Gasteiger partial charge in [0.15, 0.2) is 0 Å². The molecule has 0 bridgehead atoms. The molecule has 0 amide bonds. The van der Waals surface area contributed by atoms with Gasteiger partial charge < -0.3 is 5.73 Å². The minimum Gasteiger partial charge on any atom is -0.327 e. The maximum atomic E-state index is 14.0. The highest BCUT2D eigenvalue weighted by Crippen LogP contribution is 2.23. The summed E-state index contributed by atoms with van der Waals surface area (Å²) in [6.07, 6.45) is 0.966. The first kappa shape index (κ1) is 13.9. The second-order valence-electron chi connectivity index (χ2n) is 5.30. The standard InChI is InChI=1S/C13H18FN3O2/c1-9-5-11(15)8-16(6-9)7-10-3-2-4-12(13(10)14)17(18)19/h2-4,9,11H,5-8,15H2,1H3. The molecule has 1 fully saturated rings. The van der Waals surface area contributed by atoms with E-state index in [9.17, 15) is 14.5 Å². The second kappa shape index (κ2) is 5.63. The highest BCUT2D eigenvalue weighted by molar-refractivity contribution is 5.36. The number of nitrogens with zero attached hydrogens (tertiary/aromatic N) is 2. The maximum absolute atomic E-state index is 14.0. The molecule has 104 valence electrons. The van der Waals surface area contributed by atoms with Gasteiger partial charge in [0.05, 0.1) is 4.92 Å². The van der Waals surface area contributed by atoms with Crippen LogP contribution in [0.15, 0.2) is 18.2 Å². The summed E-state index contributed by atoms with van der Waals surface area (Å²) in [7, 11) is 0. The Morgan fingerprint density at radius 3 is 2.89 bits per heavy atom. The number of hydrogen-bond acceptors (Lipinski definition) is 4. The van der Waals surface area contributed by atoms with Gasteiger partial charge >= 0.3 is 5.69 Å². The van der Waals surface area contributed by atoms with Crippen LogP contribution in [-0.4, -0.2) is 29.0 Å². The van der Waals surface area contributed by atoms with E-state index in [1.165, 1.54) is 12.1 Å². The topological polar surface area (TPSA) is 72.4 Å². The van der Waals surface area contributed by atoms with Crippen molar-refractivity contribution in [1.82, 2.24) is 4.90 Å². The Hall–Kier alpha value is -1.53. The van der Waals surface area contributed by atoms with E-state index in [0.717, 1.165) is 13.0 Å². The molecular weight excluding hydrogens is 249 g/mol. The summed E-state index contributed by atoms with van der Waals surface area (Å²) >= 11 is 0. The molecule has 1 aromatic carbocycles. The molecule has 2 atom stereocenters. The molecule has 0 aromatic heterocycles. The lowest BCUT2D eigenvalue weighted by atomic mass is 9.96. The smallest absolute Gasteiger partial charge is 0.305 e. The summed E-state index contributed by atoms with van der Waals surface area (Å²) in [5.41, 5.74) is 5.83. The molecule has 1 saturated heterocycles. The first-order chi connectivity index (χ1) is 8.97. The predicted molar refractivity (Wildman–Crippen MR) is 70.1 cm³/mol. The normalized spacial score (nSPS) is 24.4. The van der Waals surface area contributed by atoms with Crippen molar-refractivity contribution in [1.29, 1.82) is 0 Å². The van der Waals surface area contributed by atoms with E-state index in [-0.39, 0.29) is 6.04 Å². The highest BCUT2D eigenvalue weighted by Gasteiger charge is 2.24. The molecule has 2 rings (SSSR count). The fraction of sp³-hybridized carbons (Fsp3) is 0.538. The second-order valence-corrected chi connectivity index (χ2v) is 5.30. The van der Waals surface area contributed by atoms with E-state index < -0.39 is 16.4 Å². The van der Waals surface area contributed by atoms with Crippen LogP contribution in [0.5, 0.6) is 0 Å². The van der Waals surface area contributed by atoms with Gasteiger partial charge in [-0.25, -0.2) is 0 Å². The molecule has 0 radical (unpaired) electrons. The number of nitrogens with two attached hydrogens (primary N) is 1. The number of halogens is 1. The molecule has 0 saturated carbocycles. The Morgan fingerprint density at radius 2 is 2.26 bits per heavy atom. The van der Waals surface area contributed by atoms with Crippen LogP contribution in [0.25, 0.3) is 0 Å². The summed E-state index contributed by atoms with van der Waals surface area (Å²) in [6, 6.07) is 4.38. The number of piperidine rings is 1. The fourth-order valence-electron chi connectivity index (χ4n) is 2.71. The van der Waals surface area contributed by atoms with Gasteiger partial charge in [-0.05, 0) is 12.3 Å². The molecule has 0 spiro atoms. The molecule has 5 nitrogen and oxygen atoms in total. The minimum absolute atomic E-state index is 0.0884. The van der Waals surface area contributed by atoms with Crippen LogP contribution in [0.3, 0.4) is 0 Å². The fourth-order valence-corrected chi connectivity index (χ4v) is 2.71. The van der Waals surface area contributed by atoms with Gasteiger partial charge in [0.2, 0.25) is 5.82 Å². The van der Waals surface area contributed by atoms with Crippen molar-refractivity contribution in [2.24, 2.45) is 11.7 Å². The largest absolute Gasteiger partial charge is 0.327 e. The van der Waals surface area contributed by atoms with Crippen LogP contribution in [0, 0.1) is 21.8 Å². The monoisotopic (exact) mass is 267 g/mol. The number of likely N-dealkylation sites (tertiary alicyclic amines) is 1. The Balaban J connectivity index is 2.15. The average molecular weight is 267 g/mol. The molecule has 6 heteroatoms. The van der Waals surface area contributed by atoms with Gasteiger partial charge in [0, 0.05) is 37.3 Å². The summed E-state index contributed by atoms with van der Waals surface area (Å²) in [5.74, 6) is -0.273. The van der Waals surface area contributed by atoms with Crippen molar-refractivity contribution in [2.75, 3.05) is 13.1 Å². The summed E-state index contributed by atoms with van der Waals surface area (Å²) < 4.78 is 14.0. The third-order valence-corrected chi connectivity index (χ3v) is 3.42. The highest BCUT2D eigenvalue weighted by atomic mass is 19.1. The zero-order valence-corrected chi connectivity index (χ0v) is 10.9. The van der Waals surface area contributed by atoms with Crippen molar-refractivity contribution in [3.8, 4) is 0 Å². The van der Waals surface area contributed by atoms with E-state index in [2.05, 4.69) is 11.8 Å². The minimum atomic E-state index is -0.737. The van der Waals surface area contributed by atoms with Gasteiger partial charge in [-0.3, -0.25) is 15.0 Å². The van der Waals surface area contributed by atoms with Crippen LogP contribution in [-0.2, 0) is 6.54 Å². The van der Waals surface area contributed by atoms with Gasteiger partial charge in [-0.2, -0.15) is 4.39 Å². The zero-order valence-electron chi connectivity index (χ0n) is 10.9. The molecule has 19 heavy (non-hydrogen) atoms. The maximum Gasteiger partial charge on any atom is 0.305 e. The molecule has 0 aliphatic carbocycles. The molecular formula is C13H18FN3O2. The lowest BCUT2D eigenvalue weighted by molar-refractivity contribution is -0.387. The molecule has 1 aromatic rings. The number of nitro groups is 1. The van der Waals surface area contributed by atoms with E-state index >= 15 is 0 Å². The van der Waals surface area contributed by atoms with Gasteiger partial charge in [-0.1, -0.05) is 19.1 Å². The third kappa shape index (κ3) is 3.27. The molecule has 1 aliphatic heterocycles. The molecule has 1 aliphatic rings. The number of benzene rings is 1. The van der Waals surface area contributed by atoms with Gasteiger partial charge in [0.25, 0.3) is 0 Å². The predicted octanol–water partition coefficient (Wildman–Crippen LogP) is 1.90. The lowest BCUT2D eigenvalue weighted by Gasteiger charge is -2.34. The Kier molecular flexibility index (Phi) is 4.11. The Morgan fingerprint density at radius 1 is 1.53 bits per heavy atom. The first-order valence-corrected chi connectivity index (χ1v) is 6.37. The van der Waals surface area contributed by atoms with Crippen LogP contribution in [0.4, 0.5) is 10.1 Å². The van der Waals surface area contributed by atoms with Crippen LogP contribution >= 0.6 is 0 Å². The van der Waals surface area contributed by atoms with Crippen LogP contribution in [0.1, 0.15) is 18.9 Å². The molecule has 2 unspecified atom stereocenters. The zero-order chi connectivity index (χ0) is 14.0. The first-order valence-electron chi connectivity index (χ1n) is 6.37. The Labute approximate surface area is 111 Å². The summed E-state index contributed by atoms with van der Waals surface area (Å²) in [4.78, 5) is 12.1. The van der Waals surface area contributed by atoms with E-state index in [4.69, 9.17) is 5.73 Å². The van der Waals surface area contributed by atoms with E-state index in [1.54, 1.807) is 6.07 Å². The van der Waals surface area contributed by atoms with Crippen molar-refractivity contribution >= 4 is 5.69 Å². The van der Waals surface area contributed by atoms with Crippen LogP contribution in [0.2, 0.25) is 0 Å². The number of rotatable bonds is 3. The van der Waals surface area contributed by atoms with Crippen molar-refractivity contribution < 1.29 is 9.31 Å². The molecule has 1 heterocycles. The SMILES string of the molecule is CC1CC(N)CN(Cc2cccc([N+](=O)[O-])c2F)C1. The third-order valence-electron chi connectivity index (χ3n) is 3.42. The van der Waals surface area contributed by atoms with E-state index in [0.29, 0.717) is 24.6 Å². The van der Waals surface area contributed by atoms with Crippen LogP contribution < -0.4 is 5.73 Å². The van der Waals surface area contributed by atoms with Crippen molar-refractivity contribution in [3.05, 3.63) is 39.7 Å².